The van der Waals surface area contributed by atoms with Gasteiger partial charge in [-0.05, 0) is 46.5 Å². The lowest BCUT2D eigenvalue weighted by atomic mass is 9.87. The maximum atomic E-state index is 10.3. The first-order valence-electron chi connectivity index (χ1n) is 9.72. The number of hydrogen-bond donors (Lipinski definition) is 1. The third-order valence-electron chi connectivity index (χ3n) is 4.63. The summed E-state index contributed by atoms with van der Waals surface area (Å²) in [7, 11) is 3.15. The molecule has 1 aromatic heterocycles. The molecule has 8 heteroatoms. The van der Waals surface area contributed by atoms with E-state index in [4.69, 9.17) is 14.2 Å². The Kier molecular flexibility index (Phi) is 6.56. The Morgan fingerprint density at radius 2 is 1.70 bits per heavy atom. The monoisotopic (exact) mass is 412 g/mol. The Balaban J connectivity index is 1.58. The zero-order valence-electron chi connectivity index (χ0n) is 18.0. The predicted molar refractivity (Wildman–Crippen MR) is 113 cm³/mol. The predicted octanol–water partition coefficient (Wildman–Crippen LogP) is 3.09. The highest BCUT2D eigenvalue weighted by Gasteiger charge is 2.15. The quantitative estimate of drug-likeness (QED) is 0.608. The molecular formula is C22H28N4O4. The number of rotatable bonds is 8. The first-order valence-corrected chi connectivity index (χ1v) is 9.72. The van der Waals surface area contributed by atoms with Crippen LogP contribution in [-0.2, 0) is 12.0 Å². The van der Waals surface area contributed by atoms with E-state index in [2.05, 4.69) is 36.2 Å². The van der Waals surface area contributed by atoms with Gasteiger partial charge in [-0.2, -0.15) is 4.80 Å². The second-order valence-corrected chi connectivity index (χ2v) is 7.98. The summed E-state index contributed by atoms with van der Waals surface area (Å²) in [5, 5.41) is 22.7. The molecule has 160 valence electrons. The highest BCUT2D eigenvalue weighted by molar-refractivity contribution is 5.60. The summed E-state index contributed by atoms with van der Waals surface area (Å²) >= 11 is 0. The van der Waals surface area contributed by atoms with Crippen molar-refractivity contribution in [2.24, 2.45) is 0 Å². The number of tetrazole rings is 1. The van der Waals surface area contributed by atoms with Crippen molar-refractivity contribution in [3.8, 4) is 28.6 Å². The number of nitrogens with zero attached hydrogens (tertiary/aromatic N) is 4. The fraction of sp³-hybridized carbons (Fsp3) is 0.409. The van der Waals surface area contributed by atoms with Gasteiger partial charge in [0, 0.05) is 5.56 Å². The molecule has 8 nitrogen and oxygen atoms in total. The number of aliphatic hydroxyl groups excluding tert-OH is 1. The highest BCUT2D eigenvalue weighted by atomic mass is 16.5. The topological polar surface area (TPSA) is 91.5 Å². The van der Waals surface area contributed by atoms with Crippen molar-refractivity contribution in [3.05, 3.63) is 48.0 Å². The summed E-state index contributed by atoms with van der Waals surface area (Å²) in [6, 6.07) is 13.3. The number of benzene rings is 2. The molecule has 30 heavy (non-hydrogen) atoms. The summed E-state index contributed by atoms with van der Waals surface area (Å²) in [4.78, 5) is 1.35. The standard InChI is InChI=1S/C22H28N4O4/c1-22(2,3)16-7-9-18(10-8-16)30-14-17(27)13-26-24-21(23-25-26)15-6-11-19(28-4)20(12-15)29-5/h6-12,17,27H,13-14H2,1-5H3/t17-/m0/s1. The van der Waals surface area contributed by atoms with E-state index in [0.717, 1.165) is 5.56 Å². The van der Waals surface area contributed by atoms with Crippen LogP contribution in [0, 0.1) is 0 Å². The summed E-state index contributed by atoms with van der Waals surface area (Å²) in [5.41, 5.74) is 2.05. The van der Waals surface area contributed by atoms with E-state index >= 15 is 0 Å². The van der Waals surface area contributed by atoms with Gasteiger partial charge >= 0.3 is 0 Å². The van der Waals surface area contributed by atoms with Crippen molar-refractivity contribution in [1.82, 2.24) is 20.2 Å². The molecule has 3 rings (SSSR count). The highest BCUT2D eigenvalue weighted by Crippen LogP contribution is 2.30. The number of aliphatic hydroxyl groups is 1. The van der Waals surface area contributed by atoms with Crippen LogP contribution < -0.4 is 14.2 Å². The SMILES string of the molecule is COc1ccc(-c2nnn(C[C@H](O)COc3ccc(C(C)(C)C)cc3)n2)cc1OC. The van der Waals surface area contributed by atoms with Gasteiger partial charge in [0.2, 0.25) is 5.82 Å². The van der Waals surface area contributed by atoms with Crippen LogP contribution in [0.15, 0.2) is 42.5 Å². The van der Waals surface area contributed by atoms with Gasteiger partial charge in [0.05, 0.1) is 20.8 Å². The molecule has 1 N–H and O–H groups in total. The van der Waals surface area contributed by atoms with Crippen LogP contribution in [0.3, 0.4) is 0 Å². The van der Waals surface area contributed by atoms with E-state index in [9.17, 15) is 5.11 Å². The third kappa shape index (κ3) is 5.27. The van der Waals surface area contributed by atoms with Gasteiger partial charge in [-0.1, -0.05) is 32.9 Å². The molecule has 0 aliphatic rings. The van der Waals surface area contributed by atoms with Crippen LogP contribution in [0.4, 0.5) is 0 Å². The number of aromatic nitrogens is 4. The van der Waals surface area contributed by atoms with Gasteiger partial charge in [-0.3, -0.25) is 0 Å². The Hall–Kier alpha value is -3.13. The maximum absolute atomic E-state index is 10.3. The Labute approximate surface area is 176 Å². The van der Waals surface area contributed by atoms with Crippen LogP contribution in [0.5, 0.6) is 17.2 Å². The second kappa shape index (κ2) is 9.13. The lowest BCUT2D eigenvalue weighted by Gasteiger charge is -2.19. The molecule has 3 aromatic rings. The molecule has 0 radical (unpaired) electrons. The number of ether oxygens (including phenoxy) is 3. The van der Waals surface area contributed by atoms with Crippen LogP contribution in [0.25, 0.3) is 11.4 Å². The maximum Gasteiger partial charge on any atom is 0.205 e. The van der Waals surface area contributed by atoms with E-state index < -0.39 is 6.10 Å². The molecule has 0 aliphatic carbocycles. The van der Waals surface area contributed by atoms with Gasteiger partial charge in [-0.15, -0.1) is 10.2 Å². The molecular weight excluding hydrogens is 384 g/mol. The van der Waals surface area contributed by atoms with Gasteiger partial charge in [-0.25, -0.2) is 0 Å². The first kappa shape index (κ1) is 21.6. The largest absolute Gasteiger partial charge is 0.493 e. The van der Waals surface area contributed by atoms with E-state index in [1.807, 2.05) is 30.3 Å². The van der Waals surface area contributed by atoms with Crippen LogP contribution in [-0.4, -0.2) is 52.2 Å². The Morgan fingerprint density at radius 3 is 2.33 bits per heavy atom. The summed E-state index contributed by atoms with van der Waals surface area (Å²) in [6.45, 7) is 6.78. The molecule has 0 amide bonds. The molecule has 0 spiro atoms. The van der Waals surface area contributed by atoms with Crippen molar-refractivity contribution < 1.29 is 19.3 Å². The van der Waals surface area contributed by atoms with E-state index in [1.54, 1.807) is 26.4 Å². The molecule has 0 unspecified atom stereocenters. The lowest BCUT2D eigenvalue weighted by molar-refractivity contribution is 0.0850. The van der Waals surface area contributed by atoms with Crippen molar-refractivity contribution in [2.45, 2.75) is 38.8 Å². The third-order valence-corrected chi connectivity index (χ3v) is 4.63. The summed E-state index contributed by atoms with van der Waals surface area (Å²) < 4.78 is 16.2. The summed E-state index contributed by atoms with van der Waals surface area (Å²) in [5.74, 6) is 2.34. The van der Waals surface area contributed by atoms with Gasteiger partial charge in [0.25, 0.3) is 0 Å². The van der Waals surface area contributed by atoms with E-state index in [1.165, 1.54) is 10.4 Å². The van der Waals surface area contributed by atoms with Crippen molar-refractivity contribution in [1.29, 1.82) is 0 Å². The molecule has 0 aliphatic heterocycles. The van der Waals surface area contributed by atoms with Crippen LogP contribution in [0.1, 0.15) is 26.3 Å². The van der Waals surface area contributed by atoms with Gasteiger partial charge < -0.3 is 19.3 Å². The van der Waals surface area contributed by atoms with E-state index in [-0.39, 0.29) is 18.6 Å². The second-order valence-electron chi connectivity index (χ2n) is 7.98. The zero-order chi connectivity index (χ0) is 21.7. The molecule has 0 saturated carbocycles. The molecule has 0 fully saturated rings. The minimum absolute atomic E-state index is 0.0857. The smallest absolute Gasteiger partial charge is 0.205 e. The van der Waals surface area contributed by atoms with Crippen molar-refractivity contribution in [2.75, 3.05) is 20.8 Å². The van der Waals surface area contributed by atoms with E-state index in [0.29, 0.717) is 23.1 Å². The number of methoxy groups -OCH3 is 2. The average molecular weight is 412 g/mol. The summed E-state index contributed by atoms with van der Waals surface area (Å²) in [6.07, 6.45) is -0.778. The Bertz CT molecular complexity index is 964. The van der Waals surface area contributed by atoms with Crippen molar-refractivity contribution in [3.63, 3.8) is 0 Å². The zero-order valence-corrected chi connectivity index (χ0v) is 18.0. The lowest BCUT2D eigenvalue weighted by Crippen LogP contribution is -2.25. The molecule has 2 aromatic carbocycles. The normalized spacial score (nSPS) is 12.5. The minimum Gasteiger partial charge on any atom is -0.493 e. The number of hydrogen-bond acceptors (Lipinski definition) is 7. The van der Waals surface area contributed by atoms with Crippen LogP contribution >= 0.6 is 0 Å². The first-order chi connectivity index (χ1) is 14.3. The average Bonchev–Trinajstić information content (AvgIpc) is 3.19. The minimum atomic E-state index is -0.778. The van der Waals surface area contributed by atoms with Gasteiger partial charge in [0.15, 0.2) is 11.5 Å². The van der Waals surface area contributed by atoms with Crippen LogP contribution in [0.2, 0.25) is 0 Å². The fourth-order valence-corrected chi connectivity index (χ4v) is 2.90. The van der Waals surface area contributed by atoms with Gasteiger partial charge in [0.1, 0.15) is 18.5 Å². The molecule has 1 heterocycles. The van der Waals surface area contributed by atoms with Crippen molar-refractivity contribution >= 4 is 0 Å². The molecule has 1 atom stereocenters. The molecule has 0 saturated heterocycles. The fourth-order valence-electron chi connectivity index (χ4n) is 2.90. The Morgan fingerprint density at radius 1 is 1.00 bits per heavy atom. The molecule has 0 bridgehead atoms.